The summed E-state index contributed by atoms with van der Waals surface area (Å²) >= 11 is 1.30. The monoisotopic (exact) mass is 530 g/mol. The molecule has 0 aliphatic carbocycles. The van der Waals surface area contributed by atoms with Crippen LogP contribution in [0.25, 0.3) is 16.0 Å². The molecule has 2 N–H and O–H groups in total. The fourth-order valence-electron chi connectivity index (χ4n) is 4.70. The van der Waals surface area contributed by atoms with Gasteiger partial charge in [0.25, 0.3) is 5.78 Å². The van der Waals surface area contributed by atoms with Crippen LogP contribution in [0.1, 0.15) is 35.2 Å². The lowest BCUT2D eigenvalue weighted by Crippen LogP contribution is -2.29. The molecule has 0 unspecified atom stereocenters. The molecule has 3 aromatic carbocycles. The number of Topliss-reactive ketones (excluding diaryl/α,β-unsaturated/α-hetero) is 1. The molecule has 1 saturated heterocycles. The number of ketones is 1. The first-order valence-corrected chi connectivity index (χ1v) is 12.8. The number of benzene rings is 3. The number of carbonyl (C=O) groups is 2. The van der Waals surface area contributed by atoms with Crippen LogP contribution >= 0.6 is 11.3 Å². The molecule has 0 spiro atoms. The Morgan fingerprint density at radius 1 is 1.11 bits per heavy atom. The van der Waals surface area contributed by atoms with Crippen LogP contribution in [0.15, 0.2) is 60.2 Å². The third kappa shape index (κ3) is 4.24. The summed E-state index contributed by atoms with van der Waals surface area (Å²) in [5, 5.41) is 22.0. The number of aromatic hydroxyl groups is 1. The number of aromatic nitrogens is 1. The summed E-state index contributed by atoms with van der Waals surface area (Å²) in [5.74, 6) is -1.37. The normalized spacial score (nSPS) is 16.8. The molecule has 1 aromatic heterocycles. The third-order valence-corrected chi connectivity index (χ3v) is 7.41. The van der Waals surface area contributed by atoms with Crippen molar-refractivity contribution in [2.45, 2.75) is 26.8 Å². The minimum absolute atomic E-state index is 0.0774. The number of aliphatic hydroxyl groups excluding tert-OH is 1. The Hall–Kier alpha value is -4.37. The second-order valence-corrected chi connectivity index (χ2v) is 10.00. The molecular weight excluding hydrogens is 504 g/mol. The van der Waals surface area contributed by atoms with Crippen LogP contribution < -0.4 is 14.4 Å². The number of amides is 1. The zero-order chi connectivity index (χ0) is 27.1. The van der Waals surface area contributed by atoms with Gasteiger partial charge in [-0.05, 0) is 67.8 Å². The smallest absolute Gasteiger partial charge is 0.301 e. The number of methoxy groups -OCH3 is 1. The van der Waals surface area contributed by atoms with Crippen LogP contribution in [0.2, 0.25) is 0 Å². The lowest BCUT2D eigenvalue weighted by molar-refractivity contribution is -0.132. The van der Waals surface area contributed by atoms with Crippen molar-refractivity contribution in [3.63, 3.8) is 0 Å². The van der Waals surface area contributed by atoms with Gasteiger partial charge in [0, 0.05) is 5.56 Å². The van der Waals surface area contributed by atoms with E-state index >= 15 is 0 Å². The van der Waals surface area contributed by atoms with E-state index in [-0.39, 0.29) is 22.8 Å². The van der Waals surface area contributed by atoms with Crippen LogP contribution in [-0.4, -0.2) is 40.6 Å². The van der Waals surface area contributed by atoms with Crippen LogP contribution in [-0.2, 0) is 9.59 Å². The molecule has 5 rings (SSSR count). The maximum atomic E-state index is 13.6. The summed E-state index contributed by atoms with van der Waals surface area (Å²) in [6, 6.07) is 14.2. The van der Waals surface area contributed by atoms with Gasteiger partial charge in [0.15, 0.2) is 16.6 Å². The van der Waals surface area contributed by atoms with Gasteiger partial charge in [-0.15, -0.1) is 0 Å². The van der Waals surface area contributed by atoms with Gasteiger partial charge in [-0.3, -0.25) is 14.5 Å². The molecular formula is C29H26N2O6S. The van der Waals surface area contributed by atoms with Crippen molar-refractivity contribution in [3.05, 3.63) is 82.4 Å². The number of hydrogen-bond donors (Lipinski definition) is 2. The van der Waals surface area contributed by atoms with Crippen molar-refractivity contribution in [2.24, 2.45) is 0 Å². The first-order chi connectivity index (χ1) is 18.2. The minimum atomic E-state index is -1.01. The highest BCUT2D eigenvalue weighted by Gasteiger charge is 2.48. The van der Waals surface area contributed by atoms with Gasteiger partial charge in [-0.25, -0.2) is 4.98 Å². The Morgan fingerprint density at radius 3 is 2.63 bits per heavy atom. The molecule has 0 radical (unpaired) electrons. The lowest BCUT2D eigenvalue weighted by Gasteiger charge is -2.23. The number of phenols is 1. The average Bonchev–Trinajstić information content (AvgIpc) is 3.43. The van der Waals surface area contributed by atoms with E-state index in [0.29, 0.717) is 28.6 Å². The molecule has 1 aliphatic heterocycles. The molecule has 0 bridgehead atoms. The lowest BCUT2D eigenvalue weighted by atomic mass is 9.95. The number of aryl methyl sites for hydroxylation is 2. The largest absolute Gasteiger partial charge is 0.507 e. The highest BCUT2D eigenvalue weighted by atomic mass is 32.1. The summed E-state index contributed by atoms with van der Waals surface area (Å²) in [6.07, 6.45) is 0. The van der Waals surface area contributed by atoms with Crippen LogP contribution in [0, 0.1) is 13.8 Å². The molecule has 1 amide bonds. The molecule has 0 saturated carbocycles. The zero-order valence-corrected chi connectivity index (χ0v) is 22.1. The number of anilines is 1. The first kappa shape index (κ1) is 25.3. The van der Waals surface area contributed by atoms with Gasteiger partial charge in [0.1, 0.15) is 11.5 Å². The number of nitrogens with zero attached hydrogens (tertiary/aromatic N) is 2. The summed E-state index contributed by atoms with van der Waals surface area (Å²) < 4.78 is 11.7. The van der Waals surface area contributed by atoms with Crippen molar-refractivity contribution in [1.82, 2.24) is 4.98 Å². The Labute approximate surface area is 223 Å². The van der Waals surface area contributed by atoms with E-state index in [0.717, 1.165) is 21.3 Å². The highest BCUT2D eigenvalue weighted by Crippen LogP contribution is 2.46. The van der Waals surface area contributed by atoms with E-state index in [9.17, 15) is 19.8 Å². The fraction of sp³-hybridized carbons (Fsp3) is 0.207. The molecule has 1 atom stereocenters. The molecule has 4 aromatic rings. The van der Waals surface area contributed by atoms with Gasteiger partial charge < -0.3 is 19.7 Å². The number of aliphatic hydroxyl groups is 1. The topological polar surface area (TPSA) is 109 Å². The summed E-state index contributed by atoms with van der Waals surface area (Å²) in [7, 11) is 1.50. The zero-order valence-electron chi connectivity index (χ0n) is 21.3. The van der Waals surface area contributed by atoms with Crippen molar-refractivity contribution in [3.8, 4) is 17.2 Å². The van der Waals surface area contributed by atoms with Crippen LogP contribution in [0.5, 0.6) is 17.2 Å². The van der Waals surface area contributed by atoms with Crippen molar-refractivity contribution >= 4 is 44.1 Å². The van der Waals surface area contributed by atoms with Crippen molar-refractivity contribution in [2.75, 3.05) is 18.6 Å². The fourth-order valence-corrected chi connectivity index (χ4v) is 5.87. The number of carbonyl (C=O) groups excluding carboxylic acids is 2. The molecule has 2 heterocycles. The Balaban J connectivity index is 1.76. The maximum Gasteiger partial charge on any atom is 0.301 e. The van der Waals surface area contributed by atoms with Crippen molar-refractivity contribution < 1.29 is 29.3 Å². The van der Waals surface area contributed by atoms with E-state index in [1.807, 2.05) is 26.0 Å². The van der Waals surface area contributed by atoms with E-state index in [4.69, 9.17) is 14.5 Å². The average molecular weight is 531 g/mol. The number of thiazole rings is 1. The highest BCUT2D eigenvalue weighted by molar-refractivity contribution is 7.22. The van der Waals surface area contributed by atoms with E-state index in [1.54, 1.807) is 43.3 Å². The predicted molar refractivity (Wildman–Crippen MR) is 146 cm³/mol. The first-order valence-electron chi connectivity index (χ1n) is 12.0. The third-order valence-electron chi connectivity index (χ3n) is 6.41. The van der Waals surface area contributed by atoms with Crippen LogP contribution in [0.3, 0.4) is 0 Å². The summed E-state index contributed by atoms with van der Waals surface area (Å²) in [6.45, 7) is 6.02. The number of rotatable bonds is 6. The molecule has 194 valence electrons. The van der Waals surface area contributed by atoms with Gasteiger partial charge in [-0.1, -0.05) is 35.6 Å². The summed E-state index contributed by atoms with van der Waals surface area (Å²) in [4.78, 5) is 33.1. The number of ether oxygens (including phenoxy) is 2. The van der Waals surface area contributed by atoms with Gasteiger partial charge in [-0.2, -0.15) is 0 Å². The molecule has 1 aliphatic rings. The standard InChI is InChI=1S/C29H26N2O6S/c1-5-37-21-14-17(9-10-20(21)32)25-23(26(33)18-7-6-8-19(13-18)36-4)27(34)28(35)31(25)29-30-24-16(3)11-15(2)12-22(24)38-29/h6-14,25,32-33H,5H2,1-4H3/t25-/m1/s1. The van der Waals surface area contributed by atoms with Gasteiger partial charge in [0.2, 0.25) is 0 Å². The van der Waals surface area contributed by atoms with Gasteiger partial charge >= 0.3 is 5.91 Å². The Bertz CT molecular complexity index is 1620. The van der Waals surface area contributed by atoms with Crippen molar-refractivity contribution in [1.29, 1.82) is 0 Å². The Kier molecular flexibility index (Phi) is 6.54. The second-order valence-electron chi connectivity index (χ2n) is 8.99. The molecule has 8 nitrogen and oxygen atoms in total. The summed E-state index contributed by atoms with van der Waals surface area (Å²) in [5.41, 5.74) is 3.46. The SMILES string of the molecule is CCOc1cc([C@@H]2C(=C(O)c3cccc(OC)c3)C(=O)C(=O)N2c2nc3c(C)cc(C)cc3s2)ccc1O. The van der Waals surface area contributed by atoms with E-state index in [2.05, 4.69) is 0 Å². The van der Waals surface area contributed by atoms with Crippen LogP contribution in [0.4, 0.5) is 5.13 Å². The Morgan fingerprint density at radius 2 is 1.89 bits per heavy atom. The van der Waals surface area contributed by atoms with E-state index < -0.39 is 17.7 Å². The quantitative estimate of drug-likeness (QED) is 0.188. The predicted octanol–water partition coefficient (Wildman–Crippen LogP) is 5.65. The van der Waals surface area contributed by atoms with E-state index in [1.165, 1.54) is 29.4 Å². The minimum Gasteiger partial charge on any atom is -0.507 e. The second kappa shape index (κ2) is 9.83. The number of fused-ring (bicyclic) bond motifs is 1. The molecule has 1 fully saturated rings. The van der Waals surface area contributed by atoms with Gasteiger partial charge in [0.05, 0.1) is 35.5 Å². The molecule has 38 heavy (non-hydrogen) atoms. The maximum absolute atomic E-state index is 13.6. The molecule has 9 heteroatoms. The number of phenolic OH excluding ortho intramolecular Hbond substituents is 1. The number of hydrogen-bond acceptors (Lipinski definition) is 8.